The Morgan fingerprint density at radius 1 is 0.840 bits per heavy atom. The van der Waals surface area contributed by atoms with Crippen LogP contribution in [0.5, 0.6) is 0 Å². The van der Waals surface area contributed by atoms with Crippen LogP contribution in [0.3, 0.4) is 0 Å². The van der Waals surface area contributed by atoms with Crippen molar-refractivity contribution in [3.8, 4) is 0 Å². The summed E-state index contributed by atoms with van der Waals surface area (Å²) in [5, 5.41) is 23.6. The highest BCUT2D eigenvalue weighted by molar-refractivity contribution is 6.20. The summed E-state index contributed by atoms with van der Waals surface area (Å²) in [6, 6.07) is 13.3. The molecule has 2 amide bonds. The Morgan fingerprint density at radius 3 is 1.92 bits per heavy atom. The summed E-state index contributed by atoms with van der Waals surface area (Å²) in [5.41, 5.74) is 0.329. The molecule has 1 heterocycles. The number of non-ortho nitro benzene ring substituents is 1. The number of hydrogen-bond donors (Lipinski definition) is 0. The number of nitro benzene ring substituents is 1. The first kappa shape index (κ1) is 16.3. The number of benzene rings is 2. The minimum absolute atomic E-state index is 0.0257. The summed E-state index contributed by atoms with van der Waals surface area (Å²) in [4.78, 5) is 35.3. The summed E-state index contributed by atoms with van der Waals surface area (Å²) >= 11 is 0. The van der Waals surface area contributed by atoms with E-state index in [1.165, 1.54) is 24.3 Å². The van der Waals surface area contributed by atoms with E-state index < -0.39 is 16.7 Å². The lowest BCUT2D eigenvalue weighted by Crippen LogP contribution is -2.40. The molecule has 0 bridgehead atoms. The van der Waals surface area contributed by atoms with Crippen LogP contribution in [0.25, 0.3) is 0 Å². The zero-order valence-electron chi connectivity index (χ0n) is 13.0. The molecule has 1 aliphatic rings. The topological polar surface area (TPSA) is 107 Å². The fourth-order valence-corrected chi connectivity index (χ4v) is 2.57. The van der Waals surface area contributed by atoms with Gasteiger partial charge in [-0.15, -0.1) is 4.90 Å². The van der Waals surface area contributed by atoms with Gasteiger partial charge in [0.05, 0.1) is 23.3 Å². The van der Waals surface area contributed by atoms with Crippen LogP contribution in [-0.4, -0.2) is 32.2 Å². The van der Waals surface area contributed by atoms with Crippen molar-refractivity contribution in [2.75, 3.05) is 0 Å². The van der Waals surface area contributed by atoms with E-state index in [1.807, 2.05) is 0 Å². The predicted molar refractivity (Wildman–Crippen MR) is 88.0 cm³/mol. The van der Waals surface area contributed by atoms with Gasteiger partial charge in [-0.3, -0.25) is 10.1 Å². The number of likely N-dealkylation sites (tertiary alicyclic amines) is 1. The van der Waals surface area contributed by atoms with Gasteiger partial charge in [-0.2, -0.15) is 0 Å². The molecule has 2 aromatic rings. The Bertz CT molecular complexity index is 859. The molecule has 0 spiro atoms. The van der Waals surface area contributed by atoms with E-state index in [0.717, 1.165) is 4.90 Å². The molecule has 3 rings (SSSR count). The predicted octanol–water partition coefficient (Wildman–Crippen LogP) is 2.33. The molecule has 25 heavy (non-hydrogen) atoms. The summed E-state index contributed by atoms with van der Waals surface area (Å²) in [6.45, 7) is 0. The van der Waals surface area contributed by atoms with Gasteiger partial charge in [0.25, 0.3) is 5.69 Å². The average molecular weight is 339 g/mol. The number of nitrogens with zero attached hydrogens (tertiary/aromatic N) is 3. The first-order valence-corrected chi connectivity index (χ1v) is 7.49. The number of imide groups is 1. The van der Waals surface area contributed by atoms with E-state index >= 15 is 0 Å². The molecular formula is C17H13N3O5. The molecule has 0 saturated carbocycles. The number of amides is 2. The minimum atomic E-state index is -0.568. The number of carbonyl (C=O) groups is 2. The molecule has 0 aliphatic carbocycles. The Balaban J connectivity index is 2.17. The van der Waals surface area contributed by atoms with Crippen molar-refractivity contribution in [2.45, 2.75) is 12.8 Å². The third kappa shape index (κ3) is 3.09. The standard InChI is InChI=1S/C17H13N3O5/c21-15-10-11-16(22)18(15)17(19(23)13-4-2-1-3-5-13)12-6-8-14(9-7-12)20(24)25/h1-9H,10-11H2/b19-17+. The van der Waals surface area contributed by atoms with Crippen molar-refractivity contribution in [3.63, 3.8) is 0 Å². The van der Waals surface area contributed by atoms with Crippen LogP contribution in [0.1, 0.15) is 18.4 Å². The average Bonchev–Trinajstić information content (AvgIpc) is 2.95. The lowest BCUT2D eigenvalue weighted by Gasteiger charge is -2.18. The van der Waals surface area contributed by atoms with Crippen molar-refractivity contribution in [1.29, 1.82) is 0 Å². The molecular weight excluding hydrogens is 326 g/mol. The molecule has 0 atom stereocenters. The molecule has 2 aromatic carbocycles. The first-order chi connectivity index (χ1) is 12.0. The number of rotatable bonds is 3. The van der Waals surface area contributed by atoms with Crippen LogP contribution in [0.2, 0.25) is 0 Å². The number of para-hydroxylation sites is 1. The molecule has 0 aromatic heterocycles. The van der Waals surface area contributed by atoms with Crippen LogP contribution in [-0.2, 0) is 9.59 Å². The van der Waals surface area contributed by atoms with Crippen molar-refractivity contribution in [1.82, 2.24) is 4.90 Å². The van der Waals surface area contributed by atoms with E-state index in [2.05, 4.69) is 0 Å². The highest BCUT2D eigenvalue weighted by atomic mass is 16.6. The fourth-order valence-electron chi connectivity index (χ4n) is 2.57. The van der Waals surface area contributed by atoms with Crippen LogP contribution in [0.15, 0.2) is 54.6 Å². The Morgan fingerprint density at radius 2 is 1.40 bits per heavy atom. The highest BCUT2D eigenvalue weighted by Crippen LogP contribution is 2.22. The molecule has 1 fully saturated rings. The van der Waals surface area contributed by atoms with Crippen LogP contribution < -0.4 is 0 Å². The maximum absolute atomic E-state index is 12.8. The second-order valence-corrected chi connectivity index (χ2v) is 5.38. The van der Waals surface area contributed by atoms with Crippen molar-refractivity contribution >= 4 is 29.0 Å². The molecule has 0 N–H and O–H groups in total. The van der Waals surface area contributed by atoms with Crippen LogP contribution >= 0.6 is 0 Å². The zero-order valence-corrected chi connectivity index (χ0v) is 13.0. The normalized spacial score (nSPS) is 15.3. The molecule has 8 nitrogen and oxygen atoms in total. The lowest BCUT2D eigenvalue weighted by atomic mass is 10.1. The van der Waals surface area contributed by atoms with Gasteiger partial charge in [0.2, 0.25) is 0 Å². The van der Waals surface area contributed by atoms with E-state index in [1.54, 1.807) is 30.3 Å². The van der Waals surface area contributed by atoms with E-state index in [9.17, 15) is 24.9 Å². The molecule has 0 unspecified atom stereocenters. The summed E-state index contributed by atoms with van der Waals surface area (Å²) in [6.07, 6.45) is 0.0515. The fraction of sp³-hybridized carbons (Fsp3) is 0.118. The molecule has 1 aliphatic heterocycles. The zero-order chi connectivity index (χ0) is 18.0. The van der Waals surface area contributed by atoms with Gasteiger partial charge < -0.3 is 5.21 Å². The SMILES string of the molecule is O=C1CCC(=O)N1/C(c1ccc([N+](=O)[O-])cc1)=[N+](/[O-])c1ccccc1. The van der Waals surface area contributed by atoms with Crippen molar-refractivity contribution < 1.29 is 19.3 Å². The third-order valence-corrected chi connectivity index (χ3v) is 3.78. The van der Waals surface area contributed by atoms with Crippen molar-refractivity contribution in [3.05, 3.63) is 75.5 Å². The summed E-state index contributed by atoms with van der Waals surface area (Å²) in [7, 11) is 0. The van der Waals surface area contributed by atoms with E-state index in [-0.39, 0.29) is 35.6 Å². The van der Waals surface area contributed by atoms with E-state index in [4.69, 9.17) is 0 Å². The summed E-state index contributed by atoms with van der Waals surface area (Å²) in [5.74, 6) is -1.11. The van der Waals surface area contributed by atoms with Crippen LogP contribution in [0, 0.1) is 15.3 Å². The van der Waals surface area contributed by atoms with Crippen LogP contribution in [0.4, 0.5) is 11.4 Å². The quantitative estimate of drug-likeness (QED) is 0.162. The summed E-state index contributed by atoms with van der Waals surface area (Å²) < 4.78 is 0.488. The number of hydrogen-bond acceptors (Lipinski definition) is 5. The van der Waals surface area contributed by atoms with Gasteiger partial charge in [-0.1, -0.05) is 18.2 Å². The first-order valence-electron chi connectivity index (χ1n) is 7.49. The van der Waals surface area contributed by atoms with Crippen molar-refractivity contribution in [2.24, 2.45) is 0 Å². The Kier molecular flexibility index (Phi) is 4.25. The smallest absolute Gasteiger partial charge is 0.317 e. The van der Waals surface area contributed by atoms with Gasteiger partial charge in [0.15, 0.2) is 0 Å². The number of nitro groups is 1. The van der Waals surface area contributed by atoms with Gasteiger partial charge in [-0.25, -0.2) is 14.3 Å². The number of carbonyl (C=O) groups excluding carboxylic acids is 2. The largest absolute Gasteiger partial charge is 0.710 e. The van der Waals surface area contributed by atoms with Gasteiger partial charge in [0.1, 0.15) is 5.69 Å². The molecule has 126 valence electrons. The third-order valence-electron chi connectivity index (χ3n) is 3.78. The second-order valence-electron chi connectivity index (χ2n) is 5.38. The highest BCUT2D eigenvalue weighted by Gasteiger charge is 2.42. The Labute approximate surface area is 142 Å². The molecule has 8 heteroatoms. The monoisotopic (exact) mass is 339 g/mol. The maximum Gasteiger partial charge on any atom is 0.317 e. The van der Waals surface area contributed by atoms with Gasteiger partial charge in [0, 0.05) is 12.1 Å². The van der Waals surface area contributed by atoms with Gasteiger partial charge in [-0.05, 0) is 24.3 Å². The minimum Gasteiger partial charge on any atom is -0.710 e. The molecule has 0 radical (unpaired) electrons. The van der Waals surface area contributed by atoms with Gasteiger partial charge >= 0.3 is 17.6 Å². The molecule has 1 saturated heterocycles. The second kappa shape index (κ2) is 6.52. The maximum atomic E-state index is 12.8. The van der Waals surface area contributed by atoms with E-state index in [0.29, 0.717) is 4.74 Å². The lowest BCUT2D eigenvalue weighted by molar-refractivity contribution is -0.384. The number of amidine groups is 1. The Hall–Kier alpha value is -3.55.